The molecule has 3 aromatic rings. The van der Waals surface area contributed by atoms with Crippen LogP contribution in [0.4, 0.5) is 14.4 Å². The van der Waals surface area contributed by atoms with Crippen molar-refractivity contribution in [2.75, 3.05) is 59.3 Å². The number of nitrogens with one attached hydrogen (secondary N) is 3. The summed E-state index contributed by atoms with van der Waals surface area (Å²) in [7, 11) is 0. The van der Waals surface area contributed by atoms with E-state index in [1.807, 2.05) is 73.7 Å². The highest BCUT2D eigenvalue weighted by Crippen LogP contribution is 2.18. The third-order valence-corrected chi connectivity index (χ3v) is 6.55. The van der Waals surface area contributed by atoms with Gasteiger partial charge in [-0.25, -0.2) is 14.4 Å². The number of nitrogens with two attached hydrogens (primary N) is 1. The van der Waals surface area contributed by atoms with Crippen LogP contribution in [0, 0.1) is 0 Å². The van der Waals surface area contributed by atoms with Crippen LogP contribution in [0.1, 0.15) is 52.8 Å². The second-order valence-corrected chi connectivity index (χ2v) is 10.6. The summed E-state index contributed by atoms with van der Waals surface area (Å²) in [4.78, 5) is 32.6. The summed E-state index contributed by atoms with van der Waals surface area (Å²) in [5.74, 6) is 2.00. The van der Waals surface area contributed by atoms with Gasteiger partial charge in [0, 0.05) is 18.7 Å². The maximum Gasteiger partial charge on any atom is 0.407 e. The molecule has 0 saturated carbocycles. The molecule has 0 aliphatic carbocycles. The monoisotopic (exact) mass is 815 g/mol. The maximum absolute atomic E-state index is 11.1. The van der Waals surface area contributed by atoms with Gasteiger partial charge in [0.25, 0.3) is 0 Å². The molecule has 0 fully saturated rings. The Morgan fingerprint density at radius 2 is 0.966 bits per heavy atom. The molecule has 0 radical (unpaired) electrons. The molecule has 0 unspecified atom stereocenters. The highest BCUT2D eigenvalue weighted by atomic mass is 16.6. The molecular weight excluding hydrogens is 745 g/mol. The lowest BCUT2D eigenvalue weighted by molar-refractivity contribution is 0.154. The minimum atomic E-state index is -0.533. The zero-order valence-electron chi connectivity index (χ0n) is 32.0. The number of phenols is 1. The number of phenolic OH excluding ortho intramolecular Hbond substituents is 1. The van der Waals surface area contributed by atoms with Crippen LogP contribution in [-0.4, -0.2) is 87.8 Å². The Labute approximate surface area is 347 Å². The summed E-state index contributed by atoms with van der Waals surface area (Å²) in [6, 6.07) is 22.8. The van der Waals surface area contributed by atoms with Crippen molar-refractivity contribution in [3.63, 3.8) is 0 Å². The largest absolute Gasteiger partial charge is 0.508 e. The van der Waals surface area contributed by atoms with Crippen LogP contribution >= 0.6 is 0 Å². The van der Waals surface area contributed by atoms with Crippen molar-refractivity contribution < 1.29 is 48.3 Å². The van der Waals surface area contributed by atoms with Crippen molar-refractivity contribution in [3.8, 4) is 17.2 Å². The van der Waals surface area contributed by atoms with E-state index in [-0.39, 0.29) is 55.3 Å². The fourth-order valence-corrected chi connectivity index (χ4v) is 3.90. The Hall–Kier alpha value is -5.99. The van der Waals surface area contributed by atoms with E-state index in [2.05, 4.69) is 47.3 Å². The molecule has 0 heterocycles. The topological polar surface area (TPSA) is 200 Å². The highest BCUT2D eigenvalue weighted by Gasteiger charge is 2.04. The van der Waals surface area contributed by atoms with Crippen LogP contribution in [0.5, 0.6) is 17.2 Å². The van der Waals surface area contributed by atoms with Crippen molar-refractivity contribution in [2.45, 2.75) is 55.5 Å². The number of aliphatic hydroxyl groups is 1. The van der Waals surface area contributed by atoms with Gasteiger partial charge in [-0.2, -0.15) is 0 Å². The quantitative estimate of drug-likeness (QED) is 0.0393. The molecule has 0 spiro atoms. The van der Waals surface area contributed by atoms with E-state index in [9.17, 15) is 14.4 Å². The molecule has 0 aliphatic heterocycles. The lowest BCUT2D eigenvalue weighted by Crippen LogP contribution is -2.28. The van der Waals surface area contributed by atoms with Gasteiger partial charge in [0.05, 0.1) is 19.7 Å². The number of alkyl carbamates (subject to hydrolysis) is 3. The van der Waals surface area contributed by atoms with Crippen molar-refractivity contribution in [3.05, 3.63) is 127 Å². The molecular formula is C44H70N4O10. The average molecular weight is 815 g/mol. The van der Waals surface area contributed by atoms with Gasteiger partial charge in [0.2, 0.25) is 0 Å². The third kappa shape index (κ3) is 30.3. The number of aromatic hydroxyl groups is 1. The van der Waals surface area contributed by atoms with E-state index in [1.165, 1.54) is 18.2 Å². The molecule has 58 heavy (non-hydrogen) atoms. The van der Waals surface area contributed by atoms with E-state index in [0.717, 1.165) is 41.0 Å². The van der Waals surface area contributed by atoms with Crippen LogP contribution in [0.2, 0.25) is 0 Å². The fraction of sp³-hybridized carbons (Fsp3) is 0.386. The first kappa shape index (κ1) is 58.7. The van der Waals surface area contributed by atoms with Gasteiger partial charge in [-0.3, -0.25) is 0 Å². The Morgan fingerprint density at radius 1 is 0.603 bits per heavy atom. The van der Waals surface area contributed by atoms with E-state index in [1.54, 1.807) is 6.07 Å². The van der Waals surface area contributed by atoms with Gasteiger partial charge in [0.15, 0.2) is 0 Å². The number of hydrogen-bond donors (Lipinski definition) is 6. The minimum Gasteiger partial charge on any atom is -0.508 e. The Balaban J connectivity index is -0.000000343. The molecule has 326 valence electrons. The molecule has 3 amide bonds. The standard InChI is InChI=1S/C14H19NO3.C13H18N2O3.C8H10O.C6H11NO3.3CH4/c1-3-10-18-14(16)15-9-11-17-13-8-6-5-7-12(13)4-2;1-2-8-18-13(16)15-7-9-17-12-6-4-3-5-11(12)10-14;1-2-7-5-3-4-6-8(7)9;1-2-5-10-6(9)7-3-4-8;;;/h3,5-8H,1,4,9-11H2,2H3,(H,15,16);2-6H,1,7-10,14H2,(H,15,16);3-6,9H,2H2,1H3;2,8H,1,3-5H2,(H,7,9);3*1H4. The van der Waals surface area contributed by atoms with Crippen LogP contribution in [0.25, 0.3) is 0 Å². The molecule has 0 aromatic heterocycles. The highest BCUT2D eigenvalue weighted by molar-refractivity contribution is 5.67. The number of aryl methyl sites for hydroxylation is 2. The summed E-state index contributed by atoms with van der Waals surface area (Å²) in [5, 5.41) is 24.8. The predicted octanol–water partition coefficient (Wildman–Crippen LogP) is 7.73. The Kier molecular flexibility index (Phi) is 41.2. The van der Waals surface area contributed by atoms with Crippen LogP contribution < -0.4 is 31.2 Å². The van der Waals surface area contributed by atoms with Crippen molar-refractivity contribution >= 4 is 18.3 Å². The first-order valence-electron chi connectivity index (χ1n) is 17.7. The first-order valence-corrected chi connectivity index (χ1v) is 17.7. The minimum absolute atomic E-state index is 0. The maximum atomic E-state index is 11.1. The zero-order chi connectivity index (χ0) is 40.9. The van der Waals surface area contributed by atoms with Gasteiger partial charge in [-0.05, 0) is 42.2 Å². The number of rotatable bonds is 19. The van der Waals surface area contributed by atoms with Crippen molar-refractivity contribution in [1.29, 1.82) is 0 Å². The van der Waals surface area contributed by atoms with Gasteiger partial charge >= 0.3 is 18.3 Å². The third-order valence-electron chi connectivity index (χ3n) is 6.55. The molecule has 3 rings (SSSR count). The molecule has 0 aliphatic rings. The number of hydrogen-bond acceptors (Lipinski definition) is 11. The number of carbonyl (C=O) groups is 3. The van der Waals surface area contributed by atoms with Gasteiger partial charge < -0.3 is 55.6 Å². The normalized spacial score (nSPS) is 8.90. The lowest BCUT2D eigenvalue weighted by atomic mass is 10.1. The van der Waals surface area contributed by atoms with Crippen LogP contribution in [0.3, 0.4) is 0 Å². The van der Waals surface area contributed by atoms with E-state index >= 15 is 0 Å². The van der Waals surface area contributed by atoms with Crippen molar-refractivity contribution in [2.24, 2.45) is 5.73 Å². The molecule has 7 N–H and O–H groups in total. The second kappa shape index (κ2) is 40.7. The van der Waals surface area contributed by atoms with E-state index in [0.29, 0.717) is 38.6 Å². The number of ether oxygens (including phenoxy) is 5. The fourth-order valence-electron chi connectivity index (χ4n) is 3.90. The average Bonchev–Trinajstić information content (AvgIpc) is 3.22. The smallest absolute Gasteiger partial charge is 0.407 e. The predicted molar refractivity (Wildman–Crippen MR) is 235 cm³/mol. The molecule has 0 saturated heterocycles. The lowest BCUT2D eigenvalue weighted by Gasteiger charge is -2.10. The Bertz CT molecular complexity index is 1450. The number of amides is 3. The van der Waals surface area contributed by atoms with Gasteiger partial charge in [-0.15, -0.1) is 0 Å². The molecule has 14 heteroatoms. The van der Waals surface area contributed by atoms with Gasteiger partial charge in [-0.1, -0.05) is 129 Å². The summed E-state index contributed by atoms with van der Waals surface area (Å²) in [6.45, 7) is 17.1. The second-order valence-electron chi connectivity index (χ2n) is 10.6. The van der Waals surface area contributed by atoms with E-state index < -0.39 is 18.3 Å². The number of para-hydroxylation sites is 3. The SMILES string of the molecule is C.C.C.C=CCOC(=O)NCCO.C=CCOC(=O)NCCOc1ccccc1CC.C=CCOC(=O)NCCOc1ccccc1CN.CCc1ccccc1O. The summed E-state index contributed by atoms with van der Waals surface area (Å²) >= 11 is 0. The van der Waals surface area contributed by atoms with Gasteiger partial charge in [0.1, 0.15) is 50.3 Å². The number of benzene rings is 3. The number of aliphatic hydroxyl groups excluding tert-OH is 1. The van der Waals surface area contributed by atoms with Crippen molar-refractivity contribution in [1.82, 2.24) is 16.0 Å². The van der Waals surface area contributed by atoms with Crippen LogP contribution in [-0.2, 0) is 33.6 Å². The molecule has 3 aromatic carbocycles. The summed E-state index contributed by atoms with van der Waals surface area (Å²) in [6.07, 6.45) is 4.85. The summed E-state index contributed by atoms with van der Waals surface area (Å²) in [5.41, 5.74) is 8.69. The molecule has 0 atom stereocenters. The Morgan fingerprint density at radius 3 is 1.33 bits per heavy atom. The van der Waals surface area contributed by atoms with Crippen LogP contribution in [0.15, 0.2) is 111 Å². The number of carbonyl (C=O) groups excluding carboxylic acids is 3. The molecule has 0 bridgehead atoms. The summed E-state index contributed by atoms with van der Waals surface area (Å²) < 4.78 is 25.1. The zero-order valence-corrected chi connectivity index (χ0v) is 32.0. The van der Waals surface area contributed by atoms with E-state index in [4.69, 9.17) is 34.9 Å². The molecule has 14 nitrogen and oxygen atoms in total. The first-order chi connectivity index (χ1) is 26.7.